The molecule has 0 amide bonds. The van der Waals surface area contributed by atoms with Crippen LogP contribution in [0.1, 0.15) is 46.5 Å². The maximum Gasteiger partial charge on any atom is 0.0700 e. The van der Waals surface area contributed by atoms with Crippen molar-refractivity contribution >= 4 is 0 Å². The first kappa shape index (κ1) is 15.4. The summed E-state index contributed by atoms with van der Waals surface area (Å²) in [4.78, 5) is 0. The van der Waals surface area contributed by atoms with E-state index in [0.29, 0.717) is 13.2 Å². The maximum absolute atomic E-state index is 8.82. The Morgan fingerprint density at radius 1 is 1.00 bits per heavy atom. The van der Waals surface area contributed by atoms with Crippen molar-refractivity contribution in [3.63, 3.8) is 0 Å². The molecular weight excluding hydrogens is 202 g/mol. The highest BCUT2D eigenvalue weighted by Gasteiger charge is 2.15. The van der Waals surface area contributed by atoms with Gasteiger partial charge in [-0.05, 0) is 39.5 Å². The number of unbranched alkanes of at least 4 members (excludes halogenated alkanes) is 1. The lowest BCUT2D eigenvalue weighted by atomic mass is 9.89. The van der Waals surface area contributed by atoms with Crippen molar-refractivity contribution in [1.82, 2.24) is 0 Å². The average Bonchev–Trinajstić information content (AvgIpc) is 2.27. The van der Waals surface area contributed by atoms with Gasteiger partial charge in [-0.2, -0.15) is 5.26 Å². The van der Waals surface area contributed by atoms with Gasteiger partial charge in [0.2, 0.25) is 0 Å². The molecule has 3 heteroatoms. The van der Waals surface area contributed by atoms with Gasteiger partial charge in [0, 0.05) is 13.2 Å². The molecule has 0 aliphatic heterocycles. The van der Waals surface area contributed by atoms with E-state index in [1.807, 2.05) is 13.8 Å². The molecule has 0 rings (SSSR count). The molecular formula is C13H25NO2. The first-order valence-corrected chi connectivity index (χ1v) is 6.19. The second-order valence-electron chi connectivity index (χ2n) is 4.68. The van der Waals surface area contributed by atoms with Crippen LogP contribution in [0.2, 0.25) is 0 Å². The summed E-state index contributed by atoms with van der Waals surface area (Å²) in [5, 5.41) is 8.82. The number of rotatable bonds is 10. The lowest BCUT2D eigenvalue weighted by molar-refractivity contribution is 0.0461. The number of nitriles is 1. The largest absolute Gasteiger partial charge is 0.379 e. The zero-order valence-electron chi connectivity index (χ0n) is 10.9. The lowest BCUT2D eigenvalue weighted by Gasteiger charge is -2.14. The summed E-state index contributed by atoms with van der Waals surface area (Å²) in [6, 6.07) is 2.31. The molecule has 0 N–H and O–H groups in total. The highest BCUT2D eigenvalue weighted by Crippen LogP contribution is 2.21. The zero-order chi connectivity index (χ0) is 12.3. The van der Waals surface area contributed by atoms with Gasteiger partial charge >= 0.3 is 0 Å². The number of ether oxygens (including phenoxy) is 2. The zero-order valence-corrected chi connectivity index (χ0v) is 10.9. The summed E-state index contributed by atoms with van der Waals surface area (Å²) in [6.07, 6.45) is 4.08. The van der Waals surface area contributed by atoms with E-state index >= 15 is 0 Å². The first-order valence-electron chi connectivity index (χ1n) is 6.19. The molecule has 0 saturated carbocycles. The summed E-state index contributed by atoms with van der Waals surface area (Å²) in [7, 11) is 0. The molecule has 94 valence electrons. The van der Waals surface area contributed by atoms with Gasteiger partial charge in [0.15, 0.2) is 0 Å². The summed E-state index contributed by atoms with van der Waals surface area (Å²) in [5.74, 6) is 0. The molecule has 0 aliphatic carbocycles. The van der Waals surface area contributed by atoms with E-state index in [2.05, 4.69) is 13.0 Å². The monoisotopic (exact) mass is 227 g/mol. The molecule has 0 atom stereocenters. The van der Waals surface area contributed by atoms with E-state index in [0.717, 1.165) is 38.9 Å². The van der Waals surface area contributed by atoms with Crippen molar-refractivity contribution in [2.24, 2.45) is 5.41 Å². The number of nitrogens with zero attached hydrogens (tertiary/aromatic N) is 1. The standard InChI is InChI=1S/C13H25NO2/c1-4-8-15-10-11-16-9-6-5-7-13(2,3)12-14/h4-11H2,1-3H3. The molecule has 3 nitrogen and oxygen atoms in total. The smallest absolute Gasteiger partial charge is 0.0700 e. The van der Waals surface area contributed by atoms with E-state index in [1.165, 1.54) is 0 Å². The Hall–Kier alpha value is -0.590. The SMILES string of the molecule is CCCOCCOCCCCC(C)(C)C#N. The van der Waals surface area contributed by atoms with Crippen molar-refractivity contribution < 1.29 is 9.47 Å². The molecule has 0 aromatic rings. The van der Waals surface area contributed by atoms with Crippen LogP contribution in [0, 0.1) is 16.7 Å². The van der Waals surface area contributed by atoms with E-state index in [4.69, 9.17) is 14.7 Å². The molecule has 16 heavy (non-hydrogen) atoms. The van der Waals surface area contributed by atoms with Crippen LogP contribution in [-0.2, 0) is 9.47 Å². The quantitative estimate of drug-likeness (QED) is 0.538. The van der Waals surface area contributed by atoms with Crippen LogP contribution in [0.4, 0.5) is 0 Å². The van der Waals surface area contributed by atoms with Crippen molar-refractivity contribution in [3.8, 4) is 6.07 Å². The Morgan fingerprint density at radius 2 is 1.62 bits per heavy atom. The van der Waals surface area contributed by atoms with Crippen LogP contribution in [0.5, 0.6) is 0 Å². The van der Waals surface area contributed by atoms with E-state index < -0.39 is 0 Å². The fourth-order valence-corrected chi connectivity index (χ4v) is 1.29. The molecule has 0 aromatic heterocycles. The predicted octanol–water partition coefficient (Wildman–Crippen LogP) is 3.15. The molecule has 0 fully saturated rings. The van der Waals surface area contributed by atoms with Gasteiger partial charge in [0.1, 0.15) is 0 Å². The number of hydrogen-bond donors (Lipinski definition) is 0. The third kappa shape index (κ3) is 9.95. The minimum atomic E-state index is -0.190. The fourth-order valence-electron chi connectivity index (χ4n) is 1.29. The van der Waals surface area contributed by atoms with Crippen LogP contribution in [-0.4, -0.2) is 26.4 Å². The second-order valence-corrected chi connectivity index (χ2v) is 4.68. The molecule has 0 saturated heterocycles. The van der Waals surface area contributed by atoms with Gasteiger partial charge in [0.05, 0.1) is 24.7 Å². The first-order chi connectivity index (χ1) is 7.62. The van der Waals surface area contributed by atoms with E-state index in [1.54, 1.807) is 0 Å². The topological polar surface area (TPSA) is 42.2 Å². The van der Waals surface area contributed by atoms with Crippen LogP contribution in [0.15, 0.2) is 0 Å². The van der Waals surface area contributed by atoms with Crippen molar-refractivity contribution in [3.05, 3.63) is 0 Å². The Morgan fingerprint density at radius 3 is 2.19 bits per heavy atom. The van der Waals surface area contributed by atoms with Crippen molar-refractivity contribution in [2.45, 2.75) is 46.5 Å². The van der Waals surface area contributed by atoms with Crippen LogP contribution in [0.25, 0.3) is 0 Å². The minimum Gasteiger partial charge on any atom is -0.379 e. The number of hydrogen-bond acceptors (Lipinski definition) is 3. The summed E-state index contributed by atoms with van der Waals surface area (Å²) in [5.41, 5.74) is -0.190. The lowest BCUT2D eigenvalue weighted by Crippen LogP contribution is -2.09. The van der Waals surface area contributed by atoms with Crippen molar-refractivity contribution in [2.75, 3.05) is 26.4 Å². The highest BCUT2D eigenvalue weighted by molar-refractivity contribution is 4.91. The van der Waals surface area contributed by atoms with Crippen LogP contribution in [0.3, 0.4) is 0 Å². The Labute approximate surface area is 99.7 Å². The second kappa shape index (κ2) is 9.62. The van der Waals surface area contributed by atoms with Gasteiger partial charge in [-0.25, -0.2) is 0 Å². The molecule has 0 heterocycles. The van der Waals surface area contributed by atoms with Gasteiger partial charge in [-0.3, -0.25) is 0 Å². The van der Waals surface area contributed by atoms with E-state index in [-0.39, 0.29) is 5.41 Å². The van der Waals surface area contributed by atoms with Gasteiger partial charge in [-0.1, -0.05) is 6.92 Å². The molecule has 0 spiro atoms. The highest BCUT2D eigenvalue weighted by atomic mass is 16.5. The minimum absolute atomic E-state index is 0.190. The Kier molecular flexibility index (Phi) is 9.27. The van der Waals surface area contributed by atoms with Gasteiger partial charge in [0.25, 0.3) is 0 Å². The molecule has 0 aliphatic rings. The van der Waals surface area contributed by atoms with Gasteiger partial charge in [-0.15, -0.1) is 0 Å². The van der Waals surface area contributed by atoms with Crippen molar-refractivity contribution in [1.29, 1.82) is 5.26 Å². The third-order valence-electron chi connectivity index (χ3n) is 2.36. The average molecular weight is 227 g/mol. The van der Waals surface area contributed by atoms with E-state index in [9.17, 15) is 0 Å². The maximum atomic E-state index is 8.82. The molecule has 0 unspecified atom stereocenters. The predicted molar refractivity (Wildman–Crippen MR) is 65.2 cm³/mol. The Bertz CT molecular complexity index is 197. The fraction of sp³-hybridized carbons (Fsp3) is 0.923. The summed E-state index contributed by atoms with van der Waals surface area (Å²) < 4.78 is 10.7. The molecule has 0 aromatic carbocycles. The summed E-state index contributed by atoms with van der Waals surface area (Å²) >= 11 is 0. The van der Waals surface area contributed by atoms with Crippen LogP contribution < -0.4 is 0 Å². The third-order valence-corrected chi connectivity index (χ3v) is 2.36. The molecule has 0 radical (unpaired) electrons. The summed E-state index contributed by atoms with van der Waals surface area (Å²) in [6.45, 7) is 9.02. The molecule has 0 bridgehead atoms. The van der Waals surface area contributed by atoms with Crippen LogP contribution >= 0.6 is 0 Å². The Balaban J connectivity index is 3.14. The van der Waals surface area contributed by atoms with Gasteiger partial charge < -0.3 is 9.47 Å². The normalized spacial score (nSPS) is 11.4.